The molecule has 0 spiro atoms. The largest absolute Gasteiger partial charge is 0.348 e. The molecular formula is C28H24N4O. The molecule has 2 aromatic heterocycles. The first kappa shape index (κ1) is 20.6. The van der Waals surface area contributed by atoms with E-state index in [1.54, 1.807) is 0 Å². The monoisotopic (exact) mass is 432 g/mol. The Morgan fingerprint density at radius 1 is 0.879 bits per heavy atom. The quantitative estimate of drug-likeness (QED) is 0.391. The Kier molecular flexibility index (Phi) is 5.45. The van der Waals surface area contributed by atoms with Gasteiger partial charge in [0.1, 0.15) is 0 Å². The molecule has 2 heterocycles. The average Bonchev–Trinajstić information content (AvgIpc) is 3.20. The standard InChI is InChI=1S/C28H24N4O/c1-19-13-15-21(16-14-19)18-29-28(33)24-17-25(22-9-5-3-6-10-22)30-27-26(24)20(2)31-32(27)23-11-7-4-8-12-23/h3-17H,18H2,1-2H3,(H,29,33). The van der Waals surface area contributed by atoms with Gasteiger partial charge in [0.2, 0.25) is 0 Å². The van der Waals surface area contributed by atoms with E-state index in [1.165, 1.54) is 5.56 Å². The number of hydrogen-bond donors (Lipinski definition) is 1. The molecule has 0 aliphatic carbocycles. The van der Waals surface area contributed by atoms with Crippen LogP contribution in [0, 0.1) is 13.8 Å². The van der Waals surface area contributed by atoms with Crippen molar-refractivity contribution in [2.75, 3.05) is 0 Å². The highest BCUT2D eigenvalue weighted by Crippen LogP contribution is 2.28. The summed E-state index contributed by atoms with van der Waals surface area (Å²) in [5.74, 6) is -0.143. The van der Waals surface area contributed by atoms with E-state index in [2.05, 4.69) is 5.32 Å². The van der Waals surface area contributed by atoms with E-state index in [4.69, 9.17) is 10.1 Å². The maximum Gasteiger partial charge on any atom is 0.252 e. The van der Waals surface area contributed by atoms with E-state index in [0.29, 0.717) is 17.8 Å². The summed E-state index contributed by atoms with van der Waals surface area (Å²) >= 11 is 0. The van der Waals surface area contributed by atoms with Crippen molar-refractivity contribution in [1.29, 1.82) is 0 Å². The minimum Gasteiger partial charge on any atom is -0.348 e. The number of pyridine rings is 1. The van der Waals surface area contributed by atoms with Gasteiger partial charge >= 0.3 is 0 Å². The van der Waals surface area contributed by atoms with E-state index in [0.717, 1.165) is 33.6 Å². The third kappa shape index (κ3) is 4.13. The topological polar surface area (TPSA) is 59.8 Å². The fourth-order valence-corrected chi connectivity index (χ4v) is 3.96. The van der Waals surface area contributed by atoms with Crippen LogP contribution in [0.15, 0.2) is 91.0 Å². The van der Waals surface area contributed by atoms with Gasteiger partial charge in [0.15, 0.2) is 5.65 Å². The van der Waals surface area contributed by atoms with Gasteiger partial charge in [0.25, 0.3) is 5.91 Å². The number of para-hydroxylation sites is 1. The van der Waals surface area contributed by atoms with Gasteiger partial charge in [-0.1, -0.05) is 78.4 Å². The molecule has 1 amide bonds. The summed E-state index contributed by atoms with van der Waals surface area (Å²) in [7, 11) is 0. The molecule has 5 nitrogen and oxygen atoms in total. The van der Waals surface area contributed by atoms with Crippen LogP contribution in [-0.4, -0.2) is 20.7 Å². The first-order valence-electron chi connectivity index (χ1n) is 10.9. The highest BCUT2D eigenvalue weighted by molar-refractivity contribution is 6.07. The number of nitrogens with one attached hydrogen (secondary N) is 1. The number of rotatable bonds is 5. The summed E-state index contributed by atoms with van der Waals surface area (Å²) in [6.45, 7) is 4.42. The van der Waals surface area contributed by atoms with Crippen LogP contribution >= 0.6 is 0 Å². The Morgan fingerprint density at radius 2 is 1.55 bits per heavy atom. The Bertz CT molecular complexity index is 1420. The van der Waals surface area contributed by atoms with Crippen molar-refractivity contribution in [3.63, 3.8) is 0 Å². The van der Waals surface area contributed by atoms with Crippen LogP contribution < -0.4 is 5.32 Å². The van der Waals surface area contributed by atoms with E-state index in [9.17, 15) is 4.79 Å². The molecule has 0 radical (unpaired) electrons. The molecule has 0 unspecified atom stereocenters. The van der Waals surface area contributed by atoms with E-state index >= 15 is 0 Å². The van der Waals surface area contributed by atoms with Gasteiger partial charge in [-0.15, -0.1) is 0 Å². The molecule has 0 saturated heterocycles. The third-order valence-corrected chi connectivity index (χ3v) is 5.70. The lowest BCUT2D eigenvalue weighted by Gasteiger charge is -2.10. The summed E-state index contributed by atoms with van der Waals surface area (Å²) in [4.78, 5) is 18.3. The van der Waals surface area contributed by atoms with Crippen LogP contribution in [0.3, 0.4) is 0 Å². The number of carbonyl (C=O) groups excluding carboxylic acids is 1. The predicted octanol–water partition coefficient (Wildman–Crippen LogP) is 5.63. The Morgan fingerprint density at radius 3 is 2.24 bits per heavy atom. The van der Waals surface area contributed by atoms with Crippen molar-refractivity contribution in [2.45, 2.75) is 20.4 Å². The summed E-state index contributed by atoms with van der Waals surface area (Å²) in [6.07, 6.45) is 0. The van der Waals surface area contributed by atoms with Crippen molar-refractivity contribution in [1.82, 2.24) is 20.1 Å². The van der Waals surface area contributed by atoms with E-state index < -0.39 is 0 Å². The van der Waals surface area contributed by atoms with Crippen LogP contribution in [0.5, 0.6) is 0 Å². The number of aryl methyl sites for hydroxylation is 2. The van der Waals surface area contributed by atoms with Crippen molar-refractivity contribution in [2.24, 2.45) is 0 Å². The number of hydrogen-bond acceptors (Lipinski definition) is 3. The van der Waals surface area contributed by atoms with Gasteiger partial charge in [0, 0.05) is 12.1 Å². The van der Waals surface area contributed by atoms with Crippen LogP contribution in [0.2, 0.25) is 0 Å². The Labute approximate surface area is 192 Å². The van der Waals surface area contributed by atoms with Crippen LogP contribution in [0.1, 0.15) is 27.2 Å². The maximum atomic E-state index is 13.4. The second-order valence-corrected chi connectivity index (χ2v) is 8.12. The Balaban J connectivity index is 1.62. The molecule has 5 aromatic rings. The summed E-state index contributed by atoms with van der Waals surface area (Å²) in [6, 6.07) is 29.8. The molecule has 33 heavy (non-hydrogen) atoms. The first-order valence-corrected chi connectivity index (χ1v) is 10.9. The molecule has 1 N–H and O–H groups in total. The fourth-order valence-electron chi connectivity index (χ4n) is 3.96. The number of amides is 1. The summed E-state index contributed by atoms with van der Waals surface area (Å²) < 4.78 is 1.81. The van der Waals surface area contributed by atoms with Crippen molar-refractivity contribution < 1.29 is 4.79 Å². The zero-order valence-electron chi connectivity index (χ0n) is 18.6. The van der Waals surface area contributed by atoms with E-state index in [1.807, 2.05) is 110 Å². The minimum absolute atomic E-state index is 0.143. The number of fused-ring (bicyclic) bond motifs is 1. The Hall–Kier alpha value is -4.25. The van der Waals surface area contributed by atoms with Crippen molar-refractivity contribution >= 4 is 16.9 Å². The normalized spacial score (nSPS) is 11.0. The zero-order chi connectivity index (χ0) is 22.8. The third-order valence-electron chi connectivity index (χ3n) is 5.70. The molecule has 0 fully saturated rings. The molecule has 0 bridgehead atoms. The molecule has 162 valence electrons. The van der Waals surface area contributed by atoms with Gasteiger partial charge in [-0.2, -0.15) is 5.10 Å². The lowest BCUT2D eigenvalue weighted by atomic mass is 10.0. The molecule has 3 aromatic carbocycles. The highest BCUT2D eigenvalue weighted by atomic mass is 16.1. The number of benzene rings is 3. The maximum absolute atomic E-state index is 13.4. The van der Waals surface area contributed by atoms with Gasteiger partial charge in [0.05, 0.1) is 28.0 Å². The zero-order valence-corrected chi connectivity index (χ0v) is 18.6. The van der Waals surface area contributed by atoms with Crippen molar-refractivity contribution in [3.8, 4) is 16.9 Å². The molecule has 5 rings (SSSR count). The van der Waals surface area contributed by atoms with Gasteiger partial charge in [-0.05, 0) is 37.6 Å². The number of carbonyl (C=O) groups is 1. The molecule has 5 heteroatoms. The van der Waals surface area contributed by atoms with Gasteiger partial charge < -0.3 is 5.32 Å². The van der Waals surface area contributed by atoms with Gasteiger partial charge in [-0.3, -0.25) is 4.79 Å². The summed E-state index contributed by atoms with van der Waals surface area (Å²) in [5, 5.41) is 8.58. The highest BCUT2D eigenvalue weighted by Gasteiger charge is 2.20. The van der Waals surface area contributed by atoms with Gasteiger partial charge in [-0.25, -0.2) is 9.67 Å². The molecule has 0 saturated carbocycles. The van der Waals surface area contributed by atoms with Crippen LogP contribution in [0.4, 0.5) is 0 Å². The molecule has 0 aliphatic heterocycles. The SMILES string of the molecule is Cc1ccc(CNC(=O)c2cc(-c3ccccc3)nc3c2c(C)nn3-c2ccccc2)cc1. The first-order chi connectivity index (χ1) is 16.1. The average molecular weight is 433 g/mol. The predicted molar refractivity (Wildman–Crippen MR) is 131 cm³/mol. The summed E-state index contributed by atoms with van der Waals surface area (Å²) in [5.41, 5.74) is 6.84. The van der Waals surface area contributed by atoms with Crippen LogP contribution in [0.25, 0.3) is 28.0 Å². The van der Waals surface area contributed by atoms with E-state index in [-0.39, 0.29) is 5.91 Å². The fraction of sp³-hybridized carbons (Fsp3) is 0.107. The molecule has 0 atom stereocenters. The second kappa shape index (κ2) is 8.71. The number of aromatic nitrogens is 3. The second-order valence-electron chi connectivity index (χ2n) is 8.12. The minimum atomic E-state index is -0.143. The molecular weight excluding hydrogens is 408 g/mol. The van der Waals surface area contributed by atoms with Crippen LogP contribution in [-0.2, 0) is 6.54 Å². The number of nitrogens with zero attached hydrogens (tertiary/aromatic N) is 3. The smallest absolute Gasteiger partial charge is 0.252 e. The van der Waals surface area contributed by atoms with Crippen molar-refractivity contribution in [3.05, 3.63) is 113 Å². The lowest BCUT2D eigenvalue weighted by Crippen LogP contribution is -2.23. The molecule has 0 aliphatic rings. The lowest BCUT2D eigenvalue weighted by molar-refractivity contribution is 0.0952.